The van der Waals surface area contributed by atoms with Gasteiger partial charge in [0.25, 0.3) is 0 Å². The maximum atomic E-state index is 12.6. The van der Waals surface area contributed by atoms with Gasteiger partial charge in [-0.05, 0) is 55.0 Å². The van der Waals surface area contributed by atoms with Gasteiger partial charge < -0.3 is 19.6 Å². The van der Waals surface area contributed by atoms with Crippen molar-refractivity contribution in [1.82, 2.24) is 14.3 Å². The van der Waals surface area contributed by atoms with Crippen molar-refractivity contribution in [3.05, 3.63) is 65.3 Å². The molecule has 168 valence electrons. The van der Waals surface area contributed by atoms with Gasteiger partial charge in [-0.3, -0.25) is 0 Å². The van der Waals surface area contributed by atoms with Gasteiger partial charge in [0.1, 0.15) is 12.1 Å². The number of rotatable bonds is 7. The molecule has 1 saturated heterocycles. The summed E-state index contributed by atoms with van der Waals surface area (Å²) in [5.41, 5.74) is 2.46. The number of aliphatic carboxylic acids is 1. The normalized spacial score (nSPS) is 14.9. The van der Waals surface area contributed by atoms with Crippen molar-refractivity contribution < 1.29 is 14.6 Å². The molecule has 4 rings (SSSR count). The van der Waals surface area contributed by atoms with Crippen LogP contribution in [-0.4, -0.2) is 58.7 Å². The lowest BCUT2D eigenvalue weighted by Gasteiger charge is -2.37. The zero-order valence-corrected chi connectivity index (χ0v) is 18.2. The molecule has 1 fully saturated rings. The lowest BCUT2D eigenvalue weighted by Crippen LogP contribution is -2.46. The number of benzene rings is 2. The number of carboxylic acid groups (broad SMARTS) is 1. The van der Waals surface area contributed by atoms with Crippen LogP contribution < -0.4 is 20.2 Å². The SMILES string of the molecule is CCC(C(=O)O)n1ncn(-c2ccc(N3CCN(c4ccc(OC)cc4)CC3)cc2)c1=O. The highest BCUT2D eigenvalue weighted by atomic mass is 16.5. The van der Waals surface area contributed by atoms with Gasteiger partial charge in [0.2, 0.25) is 0 Å². The number of hydrogen-bond donors (Lipinski definition) is 1. The first-order valence-electron chi connectivity index (χ1n) is 10.6. The molecular weight excluding hydrogens is 410 g/mol. The van der Waals surface area contributed by atoms with Crippen LogP contribution in [0.3, 0.4) is 0 Å². The van der Waals surface area contributed by atoms with Crippen LogP contribution >= 0.6 is 0 Å². The Labute approximate surface area is 186 Å². The summed E-state index contributed by atoms with van der Waals surface area (Å²) in [5, 5.41) is 13.3. The molecule has 0 saturated carbocycles. The van der Waals surface area contributed by atoms with Crippen molar-refractivity contribution in [1.29, 1.82) is 0 Å². The van der Waals surface area contributed by atoms with Crippen molar-refractivity contribution in [3.8, 4) is 11.4 Å². The lowest BCUT2D eigenvalue weighted by molar-refractivity contribution is -0.141. The average molecular weight is 438 g/mol. The van der Waals surface area contributed by atoms with Gasteiger partial charge >= 0.3 is 11.7 Å². The molecule has 3 aromatic rings. The van der Waals surface area contributed by atoms with E-state index in [1.165, 1.54) is 16.6 Å². The summed E-state index contributed by atoms with van der Waals surface area (Å²) in [4.78, 5) is 28.7. The summed E-state index contributed by atoms with van der Waals surface area (Å²) in [5.74, 6) is -0.214. The Hall–Kier alpha value is -3.75. The fourth-order valence-electron chi connectivity index (χ4n) is 4.00. The quantitative estimate of drug-likeness (QED) is 0.607. The molecule has 2 aromatic carbocycles. The van der Waals surface area contributed by atoms with Crippen molar-refractivity contribution in [2.75, 3.05) is 43.1 Å². The van der Waals surface area contributed by atoms with E-state index in [0.29, 0.717) is 5.69 Å². The van der Waals surface area contributed by atoms with Crippen molar-refractivity contribution >= 4 is 17.3 Å². The maximum absolute atomic E-state index is 12.6. The number of hydrogen-bond acceptors (Lipinski definition) is 6. The highest BCUT2D eigenvalue weighted by Gasteiger charge is 2.22. The van der Waals surface area contributed by atoms with E-state index in [1.807, 2.05) is 36.4 Å². The van der Waals surface area contributed by atoms with Crippen molar-refractivity contribution in [2.24, 2.45) is 0 Å². The third kappa shape index (κ3) is 4.18. The van der Waals surface area contributed by atoms with Crippen LogP contribution in [0.2, 0.25) is 0 Å². The van der Waals surface area contributed by atoms with E-state index in [1.54, 1.807) is 14.0 Å². The van der Waals surface area contributed by atoms with Gasteiger partial charge in [0.05, 0.1) is 12.8 Å². The van der Waals surface area contributed by atoms with E-state index >= 15 is 0 Å². The lowest BCUT2D eigenvalue weighted by atomic mass is 10.2. The molecule has 1 unspecified atom stereocenters. The molecule has 1 atom stereocenters. The summed E-state index contributed by atoms with van der Waals surface area (Å²) in [7, 11) is 1.67. The van der Waals surface area contributed by atoms with Gasteiger partial charge in [0, 0.05) is 37.6 Å². The van der Waals surface area contributed by atoms with Crippen LogP contribution in [0.25, 0.3) is 5.69 Å². The molecule has 2 heterocycles. The number of nitrogens with zero attached hydrogens (tertiary/aromatic N) is 5. The van der Waals surface area contributed by atoms with Crippen LogP contribution in [0, 0.1) is 0 Å². The molecule has 0 bridgehead atoms. The first kappa shape index (κ1) is 21.5. The van der Waals surface area contributed by atoms with Gasteiger partial charge in [-0.15, -0.1) is 0 Å². The zero-order valence-electron chi connectivity index (χ0n) is 18.2. The second-order valence-electron chi connectivity index (χ2n) is 7.68. The predicted octanol–water partition coefficient (Wildman–Crippen LogP) is 2.40. The predicted molar refractivity (Wildman–Crippen MR) is 122 cm³/mol. The molecule has 0 radical (unpaired) electrons. The number of ether oxygens (including phenoxy) is 1. The molecule has 1 aromatic heterocycles. The molecule has 0 aliphatic carbocycles. The summed E-state index contributed by atoms with van der Waals surface area (Å²) in [6.07, 6.45) is 1.66. The topological polar surface area (TPSA) is 92.8 Å². The Kier molecular flexibility index (Phi) is 6.16. The number of carbonyl (C=O) groups is 1. The fourth-order valence-corrected chi connectivity index (χ4v) is 4.00. The van der Waals surface area contributed by atoms with E-state index in [-0.39, 0.29) is 6.42 Å². The van der Waals surface area contributed by atoms with Gasteiger partial charge in [-0.1, -0.05) is 6.92 Å². The maximum Gasteiger partial charge on any atom is 0.351 e. The minimum atomic E-state index is -1.07. The number of anilines is 2. The third-order valence-corrected chi connectivity index (χ3v) is 5.87. The largest absolute Gasteiger partial charge is 0.497 e. The summed E-state index contributed by atoms with van der Waals surface area (Å²) in [6.45, 7) is 5.31. The standard InChI is InChI=1S/C23H27N5O4/c1-3-21(22(29)30)28-23(31)27(16-24-28)19-6-4-17(5-7-19)25-12-14-26(15-13-25)18-8-10-20(32-2)11-9-18/h4-11,16,21H,3,12-15H2,1-2H3,(H,29,30). The first-order chi connectivity index (χ1) is 15.5. The van der Waals surface area contributed by atoms with Crippen LogP contribution in [0.1, 0.15) is 19.4 Å². The second-order valence-corrected chi connectivity index (χ2v) is 7.68. The average Bonchev–Trinajstić information content (AvgIpc) is 3.20. The molecule has 0 spiro atoms. The first-order valence-corrected chi connectivity index (χ1v) is 10.6. The highest BCUT2D eigenvalue weighted by molar-refractivity contribution is 5.71. The molecular formula is C23H27N5O4. The van der Waals surface area contributed by atoms with Gasteiger partial charge in [-0.2, -0.15) is 9.78 Å². The minimum Gasteiger partial charge on any atom is -0.497 e. The number of piperazine rings is 1. The molecule has 1 N–H and O–H groups in total. The number of carboxylic acids is 1. The van der Waals surface area contributed by atoms with Crippen LogP contribution in [-0.2, 0) is 4.79 Å². The minimum absolute atomic E-state index is 0.285. The van der Waals surface area contributed by atoms with Gasteiger partial charge in [-0.25, -0.2) is 14.2 Å². The molecule has 0 amide bonds. The summed E-state index contributed by atoms with van der Waals surface area (Å²) >= 11 is 0. The van der Waals surface area contributed by atoms with E-state index in [2.05, 4.69) is 27.0 Å². The van der Waals surface area contributed by atoms with E-state index in [9.17, 15) is 14.7 Å². The zero-order chi connectivity index (χ0) is 22.7. The van der Waals surface area contributed by atoms with E-state index in [4.69, 9.17) is 4.74 Å². The molecule has 9 heteroatoms. The van der Waals surface area contributed by atoms with Crippen molar-refractivity contribution in [3.63, 3.8) is 0 Å². The summed E-state index contributed by atoms with van der Waals surface area (Å²) in [6, 6.07) is 14.8. The van der Waals surface area contributed by atoms with Crippen LogP contribution in [0.15, 0.2) is 59.7 Å². The Morgan fingerprint density at radius 3 is 1.94 bits per heavy atom. The number of aromatic nitrogens is 3. The summed E-state index contributed by atoms with van der Waals surface area (Å²) < 4.78 is 7.62. The Morgan fingerprint density at radius 2 is 1.47 bits per heavy atom. The molecule has 1 aliphatic rings. The van der Waals surface area contributed by atoms with Crippen LogP contribution in [0.4, 0.5) is 11.4 Å². The Balaban J connectivity index is 1.43. The third-order valence-electron chi connectivity index (χ3n) is 5.87. The number of methoxy groups -OCH3 is 1. The monoisotopic (exact) mass is 437 g/mol. The highest BCUT2D eigenvalue weighted by Crippen LogP contribution is 2.23. The van der Waals surface area contributed by atoms with Crippen LogP contribution in [0.5, 0.6) is 5.75 Å². The smallest absolute Gasteiger partial charge is 0.351 e. The fraction of sp³-hybridized carbons (Fsp3) is 0.348. The molecule has 32 heavy (non-hydrogen) atoms. The van der Waals surface area contributed by atoms with E-state index in [0.717, 1.165) is 42.3 Å². The van der Waals surface area contributed by atoms with Gasteiger partial charge in [0.15, 0.2) is 6.04 Å². The second kappa shape index (κ2) is 9.17. The van der Waals surface area contributed by atoms with E-state index < -0.39 is 17.7 Å². The van der Waals surface area contributed by atoms with Crippen molar-refractivity contribution in [2.45, 2.75) is 19.4 Å². The Morgan fingerprint density at radius 1 is 0.969 bits per heavy atom. The Bertz CT molecular complexity index is 1110. The molecule has 9 nitrogen and oxygen atoms in total. The molecule has 1 aliphatic heterocycles.